The number of rotatable bonds is 2. The fourth-order valence-electron chi connectivity index (χ4n) is 2.81. The minimum atomic E-state index is 0. The van der Waals surface area contributed by atoms with E-state index in [4.69, 9.17) is 0 Å². The maximum atomic E-state index is 4.63. The monoisotopic (exact) mass is 491 g/mol. The summed E-state index contributed by atoms with van der Waals surface area (Å²) in [5.41, 5.74) is 3.16. The van der Waals surface area contributed by atoms with Crippen molar-refractivity contribution in [2.75, 3.05) is 0 Å². The number of aryl methyl sites for hydroxylation is 2. The molecule has 4 rings (SSSR count). The zero-order valence-electron chi connectivity index (χ0n) is 13.4. The maximum absolute atomic E-state index is 4.63. The van der Waals surface area contributed by atoms with Gasteiger partial charge < -0.3 is 0 Å². The molecule has 1 heterocycles. The van der Waals surface area contributed by atoms with Crippen LogP contribution in [0.2, 0.25) is 0 Å². The van der Waals surface area contributed by atoms with Crippen LogP contribution in [0.5, 0.6) is 0 Å². The zero-order chi connectivity index (χ0) is 15.8. The largest absolute Gasteiger partial charge is 0.262 e. The second-order valence-electron chi connectivity index (χ2n) is 5.66. The molecular weight excluding hydrogens is 474 g/mol. The summed E-state index contributed by atoms with van der Waals surface area (Å²) in [7, 11) is 0. The van der Waals surface area contributed by atoms with Crippen LogP contribution in [-0.4, -0.2) is 14.8 Å². The molecule has 0 fully saturated rings. The molecule has 3 nitrogen and oxygen atoms in total. The van der Waals surface area contributed by atoms with Crippen molar-refractivity contribution >= 4 is 10.8 Å². The van der Waals surface area contributed by atoms with Gasteiger partial charge in [-0.05, 0) is 25.5 Å². The number of nitrogens with zero attached hydrogens (tertiary/aromatic N) is 3. The van der Waals surface area contributed by atoms with Gasteiger partial charge in [-0.2, -0.15) is 5.10 Å². The quantitative estimate of drug-likeness (QED) is 0.388. The number of hydrogen-bond donors (Lipinski definition) is 0. The van der Waals surface area contributed by atoms with Gasteiger partial charge in [-0.15, -0.1) is 29.1 Å². The molecule has 121 valence electrons. The van der Waals surface area contributed by atoms with Crippen LogP contribution in [0.4, 0.5) is 0 Å². The van der Waals surface area contributed by atoms with Crippen LogP contribution in [0.15, 0.2) is 60.7 Å². The molecule has 1 aromatic heterocycles. The van der Waals surface area contributed by atoms with Gasteiger partial charge in [-0.3, -0.25) is 9.67 Å². The van der Waals surface area contributed by atoms with Crippen LogP contribution in [0, 0.1) is 19.9 Å². The standard InChI is InChI=1S/C20H16N3.Ir/c1-14-7-3-6-10-19(14)23-20(21-15(2)22-23)18-12-11-16-8-4-5-9-17(16)13-18;/h3-11,13H,1-2H3;/q-1;. The second kappa shape index (κ2) is 6.68. The summed E-state index contributed by atoms with van der Waals surface area (Å²) in [5, 5.41) is 6.94. The topological polar surface area (TPSA) is 30.7 Å². The van der Waals surface area contributed by atoms with Gasteiger partial charge in [0.15, 0.2) is 0 Å². The van der Waals surface area contributed by atoms with Crippen molar-refractivity contribution in [3.05, 3.63) is 78.1 Å². The van der Waals surface area contributed by atoms with Gasteiger partial charge in [0.05, 0.1) is 11.5 Å². The molecule has 0 atom stereocenters. The normalized spacial score (nSPS) is 10.6. The summed E-state index contributed by atoms with van der Waals surface area (Å²) in [5.74, 6) is 1.58. The van der Waals surface area contributed by atoms with Gasteiger partial charge in [0, 0.05) is 20.1 Å². The fourth-order valence-corrected chi connectivity index (χ4v) is 2.81. The Labute approximate surface area is 154 Å². The predicted octanol–water partition coefficient (Wildman–Crippen LogP) is 4.50. The molecule has 0 bridgehead atoms. The van der Waals surface area contributed by atoms with Gasteiger partial charge in [0.1, 0.15) is 5.82 Å². The molecule has 1 radical (unpaired) electrons. The van der Waals surface area contributed by atoms with Gasteiger partial charge in [-0.1, -0.05) is 47.9 Å². The molecule has 0 aliphatic rings. The molecule has 0 spiro atoms. The van der Waals surface area contributed by atoms with Gasteiger partial charge >= 0.3 is 0 Å². The smallest absolute Gasteiger partial charge is 0.137 e. The van der Waals surface area contributed by atoms with Gasteiger partial charge in [0.25, 0.3) is 0 Å². The summed E-state index contributed by atoms with van der Waals surface area (Å²) in [6.07, 6.45) is 0. The Kier molecular flexibility index (Phi) is 4.61. The molecule has 0 saturated carbocycles. The van der Waals surface area contributed by atoms with E-state index in [0.29, 0.717) is 0 Å². The minimum absolute atomic E-state index is 0. The Balaban J connectivity index is 0.00000169. The average molecular weight is 491 g/mol. The third-order valence-corrected chi connectivity index (χ3v) is 3.98. The van der Waals surface area contributed by atoms with Crippen molar-refractivity contribution in [1.29, 1.82) is 0 Å². The number of aromatic nitrogens is 3. The van der Waals surface area contributed by atoms with Crippen molar-refractivity contribution in [1.82, 2.24) is 14.8 Å². The predicted molar refractivity (Wildman–Crippen MR) is 92.6 cm³/mol. The third-order valence-electron chi connectivity index (χ3n) is 3.98. The van der Waals surface area contributed by atoms with Gasteiger partial charge in [-0.25, -0.2) is 0 Å². The molecule has 0 N–H and O–H groups in total. The first-order valence-corrected chi connectivity index (χ1v) is 7.63. The molecule has 0 amide bonds. The van der Waals surface area contributed by atoms with E-state index in [1.165, 1.54) is 16.3 Å². The van der Waals surface area contributed by atoms with Crippen molar-refractivity contribution < 1.29 is 20.1 Å². The Bertz CT molecular complexity index is 1000. The molecule has 0 aliphatic heterocycles. The van der Waals surface area contributed by atoms with Crippen molar-refractivity contribution in [3.8, 4) is 17.1 Å². The average Bonchev–Trinajstić information content (AvgIpc) is 2.96. The molecule has 0 saturated heterocycles. The van der Waals surface area contributed by atoms with Crippen molar-refractivity contribution in [3.63, 3.8) is 0 Å². The van der Waals surface area contributed by atoms with Crippen LogP contribution in [0.1, 0.15) is 11.4 Å². The van der Waals surface area contributed by atoms with E-state index in [2.05, 4.69) is 53.4 Å². The Morgan fingerprint density at radius 1 is 0.917 bits per heavy atom. The molecule has 3 aromatic carbocycles. The third kappa shape index (κ3) is 2.91. The number of hydrogen-bond acceptors (Lipinski definition) is 2. The first kappa shape index (κ1) is 16.6. The van der Waals surface area contributed by atoms with Crippen molar-refractivity contribution in [2.24, 2.45) is 0 Å². The van der Waals surface area contributed by atoms with Crippen LogP contribution in [0.25, 0.3) is 27.8 Å². The summed E-state index contributed by atoms with van der Waals surface area (Å²) in [6, 6.07) is 24.0. The SMILES string of the molecule is Cc1nc(-c2[c-]cc3ccccc3c2)n(-c2ccccc2C)n1.[Ir]. The van der Waals surface area contributed by atoms with E-state index in [1.54, 1.807) is 0 Å². The second-order valence-corrected chi connectivity index (χ2v) is 5.66. The number of benzene rings is 3. The molecule has 0 aliphatic carbocycles. The van der Waals surface area contributed by atoms with Crippen LogP contribution < -0.4 is 0 Å². The van der Waals surface area contributed by atoms with E-state index in [0.717, 1.165) is 22.9 Å². The van der Waals surface area contributed by atoms with Crippen LogP contribution in [-0.2, 0) is 20.1 Å². The molecule has 0 unspecified atom stereocenters. The van der Waals surface area contributed by atoms with Gasteiger partial charge in [0.2, 0.25) is 0 Å². The summed E-state index contributed by atoms with van der Waals surface area (Å²) in [4.78, 5) is 4.63. The molecule has 4 aromatic rings. The fraction of sp³-hybridized carbons (Fsp3) is 0.100. The molecule has 4 heteroatoms. The van der Waals surface area contributed by atoms with E-state index in [-0.39, 0.29) is 20.1 Å². The van der Waals surface area contributed by atoms with E-state index in [9.17, 15) is 0 Å². The summed E-state index contributed by atoms with van der Waals surface area (Å²) < 4.78 is 1.91. The minimum Gasteiger partial charge on any atom is -0.262 e. The summed E-state index contributed by atoms with van der Waals surface area (Å²) in [6.45, 7) is 4.00. The summed E-state index contributed by atoms with van der Waals surface area (Å²) >= 11 is 0. The van der Waals surface area contributed by atoms with Crippen LogP contribution >= 0.6 is 0 Å². The Hall–Kier alpha value is -2.29. The van der Waals surface area contributed by atoms with E-state index in [1.807, 2.05) is 41.9 Å². The van der Waals surface area contributed by atoms with Crippen molar-refractivity contribution in [2.45, 2.75) is 13.8 Å². The maximum Gasteiger partial charge on any atom is 0.137 e. The van der Waals surface area contributed by atoms with Crippen LogP contribution in [0.3, 0.4) is 0 Å². The Morgan fingerprint density at radius 2 is 1.62 bits per heavy atom. The number of fused-ring (bicyclic) bond motifs is 1. The first-order chi connectivity index (χ1) is 11.2. The first-order valence-electron chi connectivity index (χ1n) is 7.63. The van der Waals surface area contributed by atoms with E-state index < -0.39 is 0 Å². The molecular formula is C20H16IrN3-. The Morgan fingerprint density at radius 3 is 2.42 bits per heavy atom. The number of para-hydroxylation sites is 1. The van der Waals surface area contributed by atoms with E-state index >= 15 is 0 Å². The molecule has 24 heavy (non-hydrogen) atoms. The zero-order valence-corrected chi connectivity index (χ0v) is 15.8.